The molecule has 3 rings (SSSR count). The molecule has 0 radical (unpaired) electrons. The quantitative estimate of drug-likeness (QED) is 0.479. The smallest absolute Gasteiger partial charge is 0.240 e. The number of rotatable bonds is 9. The molecule has 1 aliphatic heterocycles. The van der Waals surface area contributed by atoms with Crippen molar-refractivity contribution in [2.45, 2.75) is 73.5 Å². The van der Waals surface area contributed by atoms with Gasteiger partial charge in [-0.3, -0.25) is 0 Å². The van der Waals surface area contributed by atoms with Crippen molar-refractivity contribution in [3.8, 4) is 0 Å². The molecule has 2 aromatic rings. The summed E-state index contributed by atoms with van der Waals surface area (Å²) in [7, 11) is -8.02. The highest BCUT2D eigenvalue weighted by Gasteiger charge is 2.29. The summed E-state index contributed by atoms with van der Waals surface area (Å²) < 4.78 is 75.2. The topological polar surface area (TPSA) is 89.5 Å². The number of sulfone groups is 1. The summed E-state index contributed by atoms with van der Waals surface area (Å²) in [4.78, 5) is -0.174. The van der Waals surface area contributed by atoms with Gasteiger partial charge in [0.15, 0.2) is 0 Å². The highest BCUT2D eigenvalue weighted by atomic mass is 32.2. The van der Waals surface area contributed by atoms with E-state index >= 15 is 0 Å². The Kier molecular flexibility index (Phi) is 8.55. The van der Waals surface area contributed by atoms with Crippen LogP contribution in [0.4, 0.5) is 4.39 Å². The van der Waals surface area contributed by atoms with Gasteiger partial charge < -0.3 is 4.74 Å². The van der Waals surface area contributed by atoms with Crippen LogP contribution in [0, 0.1) is 11.7 Å². The second kappa shape index (κ2) is 10.8. The van der Waals surface area contributed by atoms with Crippen molar-refractivity contribution in [2.75, 3.05) is 19.8 Å². The first-order valence-electron chi connectivity index (χ1n) is 11.7. The largest absolute Gasteiger partial charge is 0.381 e. The first-order chi connectivity index (χ1) is 15.9. The Labute approximate surface area is 202 Å². The van der Waals surface area contributed by atoms with Crippen LogP contribution in [-0.2, 0) is 24.6 Å². The lowest BCUT2D eigenvalue weighted by Gasteiger charge is -2.23. The van der Waals surface area contributed by atoms with Gasteiger partial charge in [0.05, 0.1) is 14.7 Å². The van der Waals surface area contributed by atoms with Crippen LogP contribution in [0.2, 0.25) is 0 Å². The zero-order chi connectivity index (χ0) is 25.1. The van der Waals surface area contributed by atoms with E-state index in [0.717, 1.165) is 25.0 Å². The lowest BCUT2D eigenvalue weighted by atomic mass is 9.95. The third-order valence-corrected chi connectivity index (χ3v) is 9.62. The molecule has 6 nitrogen and oxygen atoms in total. The van der Waals surface area contributed by atoms with Crippen LogP contribution in [0.15, 0.2) is 51.1 Å². The number of ether oxygens (including phenoxy) is 1. The maximum Gasteiger partial charge on any atom is 0.240 e. The standard InChI is InChI=1S/C25H34FNO5S2/c1-17(2)22-15-23(18(3)4)25(34(30,31)27-12-9-19-10-13-32-14-11-19)16-24(22)33(28,29)21-7-5-20(26)6-8-21/h5-8,15-19,27H,9-14H2,1-4H3. The molecular formula is C25H34FNO5S2. The number of benzene rings is 2. The number of hydrogen-bond acceptors (Lipinski definition) is 5. The molecule has 0 unspecified atom stereocenters. The average molecular weight is 512 g/mol. The zero-order valence-corrected chi connectivity index (χ0v) is 21.8. The lowest BCUT2D eigenvalue weighted by molar-refractivity contribution is 0.0644. The Bertz CT molecular complexity index is 1200. The van der Waals surface area contributed by atoms with Gasteiger partial charge in [0.25, 0.3) is 0 Å². The molecule has 0 aliphatic carbocycles. The number of hydrogen-bond donors (Lipinski definition) is 1. The van der Waals surface area contributed by atoms with E-state index in [1.54, 1.807) is 6.07 Å². The molecule has 9 heteroatoms. The lowest BCUT2D eigenvalue weighted by Crippen LogP contribution is -2.29. The van der Waals surface area contributed by atoms with E-state index in [-0.39, 0.29) is 33.1 Å². The second-order valence-corrected chi connectivity index (χ2v) is 13.1. The van der Waals surface area contributed by atoms with E-state index in [9.17, 15) is 21.2 Å². The molecule has 188 valence electrons. The van der Waals surface area contributed by atoms with Crippen LogP contribution in [0.25, 0.3) is 0 Å². The van der Waals surface area contributed by atoms with E-state index < -0.39 is 25.7 Å². The van der Waals surface area contributed by atoms with Crippen LogP contribution >= 0.6 is 0 Å². The zero-order valence-electron chi connectivity index (χ0n) is 20.2. The number of halogens is 1. The Balaban J connectivity index is 2.04. The van der Waals surface area contributed by atoms with Crippen molar-refractivity contribution in [3.05, 3.63) is 53.3 Å². The third kappa shape index (κ3) is 6.05. The van der Waals surface area contributed by atoms with Crippen LogP contribution in [-0.4, -0.2) is 36.6 Å². The Morgan fingerprint density at radius 2 is 1.47 bits per heavy atom. The number of sulfonamides is 1. The minimum atomic E-state index is -4.07. The molecule has 0 saturated carbocycles. The fraction of sp³-hybridized carbons (Fsp3) is 0.520. The minimum Gasteiger partial charge on any atom is -0.381 e. The molecule has 0 aromatic heterocycles. The van der Waals surface area contributed by atoms with Crippen LogP contribution in [0.1, 0.15) is 69.9 Å². The highest BCUT2D eigenvalue weighted by Crippen LogP contribution is 2.36. The van der Waals surface area contributed by atoms with Crippen molar-refractivity contribution in [1.82, 2.24) is 4.72 Å². The van der Waals surface area contributed by atoms with Crippen molar-refractivity contribution in [2.24, 2.45) is 5.92 Å². The third-order valence-electron chi connectivity index (χ3n) is 6.27. The maximum absolute atomic E-state index is 13.5. The van der Waals surface area contributed by atoms with Gasteiger partial charge in [0, 0.05) is 19.8 Å². The summed E-state index contributed by atoms with van der Waals surface area (Å²) in [5.74, 6) is -0.447. The Morgan fingerprint density at radius 3 is 2.03 bits per heavy atom. The van der Waals surface area contributed by atoms with Gasteiger partial charge in [0.1, 0.15) is 5.82 Å². The first-order valence-corrected chi connectivity index (χ1v) is 14.7. The number of nitrogens with one attached hydrogen (secondary N) is 1. The summed E-state index contributed by atoms with van der Waals surface area (Å²) in [6, 6.07) is 7.54. The summed E-state index contributed by atoms with van der Waals surface area (Å²) in [5, 5.41) is 0. The fourth-order valence-electron chi connectivity index (χ4n) is 4.21. The monoisotopic (exact) mass is 511 g/mol. The second-order valence-electron chi connectivity index (χ2n) is 9.44. The Hall–Kier alpha value is -1.81. The van der Waals surface area contributed by atoms with E-state index in [1.807, 2.05) is 27.7 Å². The molecule has 0 amide bonds. The summed E-state index contributed by atoms with van der Waals surface area (Å²) >= 11 is 0. The predicted octanol–water partition coefficient (Wildman–Crippen LogP) is 5.00. The molecule has 0 atom stereocenters. The van der Waals surface area contributed by atoms with Gasteiger partial charge in [-0.1, -0.05) is 33.8 Å². The molecule has 1 N–H and O–H groups in total. The van der Waals surface area contributed by atoms with Crippen LogP contribution in [0.3, 0.4) is 0 Å². The summed E-state index contributed by atoms with van der Waals surface area (Å²) in [6.07, 6.45) is 2.51. The molecule has 1 saturated heterocycles. The molecule has 0 bridgehead atoms. The van der Waals surface area contributed by atoms with Crippen LogP contribution in [0.5, 0.6) is 0 Å². The molecular weight excluding hydrogens is 477 g/mol. The van der Waals surface area contributed by atoms with E-state index in [0.29, 0.717) is 36.7 Å². The fourth-order valence-corrected chi connectivity index (χ4v) is 7.34. The molecule has 1 aliphatic rings. The van der Waals surface area contributed by atoms with Gasteiger partial charge in [-0.05, 0) is 78.5 Å². The van der Waals surface area contributed by atoms with Crippen molar-refractivity contribution < 1.29 is 26.0 Å². The van der Waals surface area contributed by atoms with Gasteiger partial charge in [-0.15, -0.1) is 0 Å². The van der Waals surface area contributed by atoms with Gasteiger partial charge in [-0.2, -0.15) is 0 Å². The van der Waals surface area contributed by atoms with E-state index in [2.05, 4.69) is 4.72 Å². The molecule has 34 heavy (non-hydrogen) atoms. The molecule has 2 aromatic carbocycles. The van der Waals surface area contributed by atoms with Crippen LogP contribution < -0.4 is 4.72 Å². The van der Waals surface area contributed by atoms with Crippen molar-refractivity contribution >= 4 is 19.9 Å². The SMILES string of the molecule is CC(C)c1cc(C(C)C)c(S(=O)(=O)c2ccc(F)cc2)cc1S(=O)(=O)NCCC1CCOCC1. The van der Waals surface area contributed by atoms with Gasteiger partial charge in [0.2, 0.25) is 19.9 Å². The first kappa shape index (κ1) is 26.8. The highest BCUT2D eigenvalue weighted by molar-refractivity contribution is 7.91. The van der Waals surface area contributed by atoms with Gasteiger partial charge >= 0.3 is 0 Å². The minimum absolute atomic E-state index is 0.0282. The normalized spacial score (nSPS) is 15.9. The van der Waals surface area contributed by atoms with E-state index in [4.69, 9.17) is 4.74 Å². The maximum atomic E-state index is 13.5. The summed E-state index contributed by atoms with van der Waals surface area (Å²) in [5.41, 5.74) is 1.11. The Morgan fingerprint density at radius 1 is 0.912 bits per heavy atom. The average Bonchev–Trinajstić information content (AvgIpc) is 2.79. The van der Waals surface area contributed by atoms with Gasteiger partial charge in [-0.25, -0.2) is 25.9 Å². The predicted molar refractivity (Wildman–Crippen MR) is 130 cm³/mol. The van der Waals surface area contributed by atoms with Crippen molar-refractivity contribution in [3.63, 3.8) is 0 Å². The summed E-state index contributed by atoms with van der Waals surface area (Å²) in [6.45, 7) is 9.15. The van der Waals surface area contributed by atoms with E-state index in [1.165, 1.54) is 18.2 Å². The molecule has 0 spiro atoms. The molecule has 1 heterocycles. The molecule has 1 fully saturated rings. The van der Waals surface area contributed by atoms with Crippen molar-refractivity contribution in [1.29, 1.82) is 0 Å².